The first kappa shape index (κ1) is 60.4. The number of aryl methyl sites for hydroxylation is 4. The maximum atomic E-state index is 15.5. The minimum Gasteiger partial charge on any atom is -0.200 e. The molecule has 0 aromatic heterocycles. The van der Waals surface area contributed by atoms with Gasteiger partial charge in [0.2, 0.25) is 0 Å². The topological polar surface area (TPSA) is 0 Å². The molecule has 0 nitrogen and oxygen atoms in total. The van der Waals surface area contributed by atoms with Gasteiger partial charge in [0.15, 0.2) is 0 Å². The minimum absolute atomic E-state index is 0.270. The summed E-state index contributed by atoms with van der Waals surface area (Å²) in [6, 6.07) is 12.9. The Balaban J connectivity index is 1.92. The monoisotopic (exact) mass is 1100 g/mol. The van der Waals surface area contributed by atoms with Crippen LogP contribution >= 0.6 is 0 Å². The number of halogens is 17. The summed E-state index contributed by atoms with van der Waals surface area (Å²) in [7, 11) is -7.54. The summed E-state index contributed by atoms with van der Waals surface area (Å²) in [5, 5.41) is 4.26. The van der Waals surface area contributed by atoms with Gasteiger partial charge in [-0.1, -0.05) is 91.5 Å². The highest BCUT2D eigenvalue weighted by Crippen LogP contribution is 2.57. The average molecular weight is 1100 g/mol. The second-order valence-corrected chi connectivity index (χ2v) is 31.7. The Bertz CT molecular complexity index is 2750. The molecule has 74 heavy (non-hydrogen) atoms. The zero-order valence-electron chi connectivity index (χ0n) is 43.2. The first-order chi connectivity index (χ1) is 33.4. The van der Waals surface area contributed by atoms with E-state index in [0.29, 0.717) is 43.1 Å². The van der Waals surface area contributed by atoms with Crippen molar-refractivity contribution in [2.75, 3.05) is 0 Å². The second-order valence-electron chi connectivity index (χ2n) is 21.4. The first-order valence-electron chi connectivity index (χ1n) is 24.0. The van der Waals surface area contributed by atoms with Gasteiger partial charge in [0.1, 0.15) is 16.1 Å². The number of benzene rings is 5. The van der Waals surface area contributed by atoms with Gasteiger partial charge in [-0.2, -0.15) is 74.6 Å². The predicted molar refractivity (Wildman–Crippen MR) is 266 cm³/mol. The summed E-state index contributed by atoms with van der Waals surface area (Å²) in [6.45, 7) is 19.7. The molecule has 0 aliphatic heterocycles. The smallest absolute Gasteiger partial charge is 0.200 e. The van der Waals surface area contributed by atoms with Crippen LogP contribution in [0.5, 0.6) is 0 Å². The van der Waals surface area contributed by atoms with Gasteiger partial charge in [-0.15, -0.1) is 11.1 Å². The van der Waals surface area contributed by atoms with Crippen molar-refractivity contribution in [3.63, 3.8) is 0 Å². The Labute approximate surface area is 422 Å². The van der Waals surface area contributed by atoms with Gasteiger partial charge in [-0.25, -0.2) is 0 Å². The fourth-order valence-electron chi connectivity index (χ4n) is 10.0. The van der Waals surface area contributed by atoms with E-state index in [2.05, 4.69) is 22.9 Å². The third kappa shape index (κ3) is 10.2. The number of hydrogen-bond acceptors (Lipinski definition) is 0. The van der Waals surface area contributed by atoms with E-state index < -0.39 is 118 Å². The van der Waals surface area contributed by atoms with Crippen molar-refractivity contribution in [1.29, 1.82) is 0 Å². The van der Waals surface area contributed by atoms with Crippen LogP contribution in [-0.4, -0.2) is 63.8 Å². The Kier molecular flexibility index (Phi) is 16.2. The lowest BCUT2D eigenvalue weighted by Gasteiger charge is -2.39. The lowest BCUT2D eigenvalue weighted by atomic mass is 9.88. The molecule has 5 aromatic rings. The third-order valence-electron chi connectivity index (χ3n) is 15.5. The highest BCUT2D eigenvalue weighted by atomic mass is 28.3. The standard InChI is InChI=1S/C55H59F17Si2/c1-30(2)73(31(3)4,20-16-49(58,59)52(64,65)51(62,63)48(13,56)57)18-14-42-44-26-38-22-34(9)36(11)24-40(38)28-46(44)43(47-29-41-25-37(12)35(10)23-39(41)27-45(42)47)15-19-74(32(5)6,33(7)8)21-17-50(60,61)53(66,67)54(68,69)55(70,71)72/h22-33H,16-17,20-21H2,1-13H3. The molecule has 0 saturated heterocycles. The lowest BCUT2D eigenvalue weighted by molar-refractivity contribution is -0.396. The zero-order chi connectivity index (χ0) is 56.7. The lowest BCUT2D eigenvalue weighted by Crippen LogP contribution is -2.61. The molecule has 0 saturated carbocycles. The molecule has 5 aromatic carbocycles. The van der Waals surface area contributed by atoms with Crippen molar-refractivity contribution < 1.29 is 74.6 Å². The van der Waals surface area contributed by atoms with Gasteiger partial charge >= 0.3 is 47.6 Å². The van der Waals surface area contributed by atoms with Crippen LogP contribution in [0.1, 0.15) is 109 Å². The molecule has 0 atom stereocenters. The van der Waals surface area contributed by atoms with Gasteiger partial charge in [0.05, 0.1) is 0 Å². The first-order valence-corrected chi connectivity index (χ1v) is 28.7. The van der Waals surface area contributed by atoms with E-state index in [4.69, 9.17) is 0 Å². The Morgan fingerprint density at radius 3 is 0.838 bits per heavy atom. The molecule has 0 fully saturated rings. The maximum absolute atomic E-state index is 15.5. The SMILES string of the molecule is Cc1cc2cc3c(C#C[Si](CCC(F)(F)C(F)(F)C(F)(F)C(C)(F)F)(C(C)C)C(C)C)c4cc5cc(C)c(C)cc5cc4c(C#C[Si](CCC(F)(F)C(F)(F)C(F)(F)C(F)(F)F)(C(C)C)C(C)C)c3cc2cc1C. The third-order valence-corrected chi connectivity index (χ3v) is 27.1. The van der Waals surface area contributed by atoms with Crippen LogP contribution in [0.25, 0.3) is 43.1 Å². The highest BCUT2D eigenvalue weighted by Gasteiger charge is 2.82. The van der Waals surface area contributed by atoms with E-state index in [1.165, 1.54) is 0 Å². The number of hydrogen-bond donors (Lipinski definition) is 0. The normalized spacial score (nSPS) is 14.3. The van der Waals surface area contributed by atoms with Gasteiger partial charge in [-0.05, 0) is 152 Å². The maximum Gasteiger partial charge on any atom is 0.460 e. The van der Waals surface area contributed by atoms with Gasteiger partial charge < -0.3 is 0 Å². The van der Waals surface area contributed by atoms with E-state index in [-0.39, 0.29) is 11.1 Å². The number of rotatable bonds is 15. The molecule has 0 spiro atoms. The van der Waals surface area contributed by atoms with E-state index in [1.807, 2.05) is 52.0 Å². The van der Waals surface area contributed by atoms with Crippen LogP contribution in [0.3, 0.4) is 0 Å². The number of alkyl halides is 17. The predicted octanol–water partition coefficient (Wildman–Crippen LogP) is 19.7. The highest BCUT2D eigenvalue weighted by molar-refractivity contribution is 6.90. The Hall–Kier alpha value is -4.50. The van der Waals surface area contributed by atoms with Crippen LogP contribution in [0, 0.1) is 50.6 Å². The van der Waals surface area contributed by atoms with Crippen molar-refractivity contribution in [2.24, 2.45) is 0 Å². The molecule has 0 N–H and O–H groups in total. The molecule has 5 rings (SSSR count). The summed E-state index contributed by atoms with van der Waals surface area (Å²) in [5.74, 6) is -37.3. The molecule has 0 amide bonds. The largest absolute Gasteiger partial charge is 0.460 e. The van der Waals surface area contributed by atoms with Crippen LogP contribution in [0.15, 0.2) is 48.5 Å². The summed E-state index contributed by atoms with van der Waals surface area (Å²) in [6.07, 6.45) is -11.0. The van der Waals surface area contributed by atoms with Crippen LogP contribution in [0.2, 0.25) is 34.3 Å². The molecule has 0 radical (unpaired) electrons. The summed E-state index contributed by atoms with van der Waals surface area (Å²) in [4.78, 5) is 0. The van der Waals surface area contributed by atoms with Crippen molar-refractivity contribution in [2.45, 2.75) is 185 Å². The second kappa shape index (κ2) is 19.8. The molecule has 406 valence electrons. The minimum atomic E-state index is -7.07. The zero-order valence-corrected chi connectivity index (χ0v) is 45.2. The fraction of sp³-hybridized carbons (Fsp3) is 0.527. The summed E-state index contributed by atoms with van der Waals surface area (Å²) < 4.78 is 245. The van der Waals surface area contributed by atoms with Gasteiger partial charge in [-0.3, -0.25) is 0 Å². The van der Waals surface area contributed by atoms with Crippen molar-refractivity contribution in [1.82, 2.24) is 0 Å². The van der Waals surface area contributed by atoms with Crippen LogP contribution in [-0.2, 0) is 0 Å². The molecule has 0 bridgehead atoms. The number of fused-ring (bicyclic) bond motifs is 4. The van der Waals surface area contributed by atoms with E-state index in [0.717, 1.165) is 22.3 Å². The molecule has 19 heteroatoms. The van der Waals surface area contributed by atoms with Crippen LogP contribution < -0.4 is 0 Å². The molecule has 0 unspecified atom stereocenters. The van der Waals surface area contributed by atoms with Gasteiger partial charge in [0.25, 0.3) is 0 Å². The van der Waals surface area contributed by atoms with E-state index in [1.54, 1.807) is 79.7 Å². The quantitative estimate of drug-likeness (QED) is 0.0424. The van der Waals surface area contributed by atoms with Crippen molar-refractivity contribution >= 4 is 59.2 Å². The fourth-order valence-corrected chi connectivity index (χ4v) is 18.6. The molecule has 0 aliphatic rings. The molecular formula is C55H59F17Si2. The van der Waals surface area contributed by atoms with Crippen molar-refractivity contribution in [3.8, 4) is 22.9 Å². The van der Waals surface area contributed by atoms with Gasteiger partial charge in [0, 0.05) is 30.9 Å². The van der Waals surface area contributed by atoms with E-state index in [9.17, 15) is 57.1 Å². The molecule has 0 heterocycles. The van der Waals surface area contributed by atoms with E-state index >= 15 is 17.6 Å². The van der Waals surface area contributed by atoms with Crippen molar-refractivity contribution in [3.05, 3.63) is 81.9 Å². The van der Waals surface area contributed by atoms with Crippen LogP contribution in [0.4, 0.5) is 74.6 Å². The molecule has 0 aliphatic carbocycles. The summed E-state index contributed by atoms with van der Waals surface area (Å²) >= 11 is 0. The molecular weight excluding hydrogens is 1040 g/mol. The summed E-state index contributed by atoms with van der Waals surface area (Å²) in [5.41, 5.74) is 7.90. The Morgan fingerprint density at radius 2 is 0.622 bits per heavy atom. The average Bonchev–Trinajstić information content (AvgIpc) is 3.25. The Morgan fingerprint density at radius 1 is 0.378 bits per heavy atom.